The number of benzene rings is 1. The first-order chi connectivity index (χ1) is 9.19. The van der Waals surface area contributed by atoms with Crippen molar-refractivity contribution in [3.8, 4) is 6.07 Å². The van der Waals surface area contributed by atoms with Gasteiger partial charge in [-0.3, -0.25) is 4.79 Å². The van der Waals surface area contributed by atoms with Crippen LogP contribution in [0.3, 0.4) is 0 Å². The van der Waals surface area contributed by atoms with E-state index in [1.807, 2.05) is 6.07 Å². The number of pyridine rings is 1. The van der Waals surface area contributed by atoms with E-state index in [0.29, 0.717) is 10.6 Å². The van der Waals surface area contributed by atoms with Crippen LogP contribution < -0.4 is 5.32 Å². The molecule has 94 valence electrons. The zero-order chi connectivity index (χ0) is 13.7. The monoisotopic (exact) mass is 271 g/mol. The topological polar surface area (TPSA) is 65.8 Å². The number of aromatic nitrogens is 1. The van der Waals surface area contributed by atoms with Crippen LogP contribution in [0.2, 0.25) is 5.02 Å². The fourth-order valence-corrected chi connectivity index (χ4v) is 1.69. The second-order valence-electron chi connectivity index (χ2n) is 3.86. The van der Waals surface area contributed by atoms with Crippen molar-refractivity contribution in [1.82, 2.24) is 4.98 Å². The Morgan fingerprint density at radius 2 is 2.05 bits per heavy atom. The van der Waals surface area contributed by atoms with Crippen LogP contribution in [-0.4, -0.2) is 10.9 Å². The van der Waals surface area contributed by atoms with Crippen LogP contribution in [0.1, 0.15) is 11.1 Å². The third-order valence-corrected chi connectivity index (χ3v) is 2.72. The highest BCUT2D eigenvalue weighted by Gasteiger charge is 2.08. The number of nitriles is 1. The molecule has 0 aliphatic carbocycles. The number of amides is 1. The van der Waals surface area contributed by atoms with E-state index in [1.54, 1.807) is 36.4 Å². The molecule has 0 spiro atoms. The van der Waals surface area contributed by atoms with Crippen molar-refractivity contribution in [2.45, 2.75) is 6.42 Å². The molecule has 0 unspecified atom stereocenters. The highest BCUT2D eigenvalue weighted by molar-refractivity contribution is 6.30. The van der Waals surface area contributed by atoms with Gasteiger partial charge in [0.2, 0.25) is 5.91 Å². The first-order valence-electron chi connectivity index (χ1n) is 5.58. The van der Waals surface area contributed by atoms with E-state index in [0.717, 1.165) is 5.56 Å². The molecule has 2 aromatic rings. The van der Waals surface area contributed by atoms with E-state index < -0.39 is 0 Å². The molecule has 2 rings (SSSR count). The summed E-state index contributed by atoms with van der Waals surface area (Å²) < 4.78 is 0. The molecular weight excluding hydrogens is 262 g/mol. The molecular formula is C14H10ClN3O. The number of carbonyl (C=O) groups excluding carboxylic acids is 1. The summed E-state index contributed by atoms with van der Waals surface area (Å²) in [5, 5.41) is 12.1. The third kappa shape index (κ3) is 3.54. The second kappa shape index (κ2) is 5.98. The minimum atomic E-state index is -0.225. The SMILES string of the molecule is N#Cc1cccnc1NC(=O)Cc1ccc(Cl)cc1. The molecule has 0 fully saturated rings. The Balaban J connectivity index is 2.06. The molecule has 5 heteroatoms. The summed E-state index contributed by atoms with van der Waals surface area (Å²) in [6, 6.07) is 12.2. The van der Waals surface area contributed by atoms with Crippen molar-refractivity contribution >= 4 is 23.3 Å². The van der Waals surface area contributed by atoms with E-state index in [1.165, 1.54) is 6.20 Å². The largest absolute Gasteiger partial charge is 0.309 e. The van der Waals surface area contributed by atoms with Crippen molar-refractivity contribution in [3.63, 3.8) is 0 Å². The van der Waals surface area contributed by atoms with Gasteiger partial charge in [0, 0.05) is 11.2 Å². The molecule has 1 N–H and O–H groups in total. The van der Waals surface area contributed by atoms with Gasteiger partial charge in [0.25, 0.3) is 0 Å². The zero-order valence-corrected chi connectivity index (χ0v) is 10.7. The van der Waals surface area contributed by atoms with Crippen molar-refractivity contribution in [1.29, 1.82) is 5.26 Å². The second-order valence-corrected chi connectivity index (χ2v) is 4.30. The summed E-state index contributed by atoms with van der Waals surface area (Å²) in [7, 11) is 0. The van der Waals surface area contributed by atoms with Crippen molar-refractivity contribution in [2.24, 2.45) is 0 Å². The number of hydrogen-bond donors (Lipinski definition) is 1. The van der Waals surface area contributed by atoms with E-state index in [4.69, 9.17) is 16.9 Å². The zero-order valence-electron chi connectivity index (χ0n) is 9.93. The van der Waals surface area contributed by atoms with Gasteiger partial charge < -0.3 is 5.32 Å². The first kappa shape index (κ1) is 13.1. The number of nitrogens with zero attached hydrogens (tertiary/aromatic N) is 2. The summed E-state index contributed by atoms with van der Waals surface area (Å²) in [6.45, 7) is 0. The Hall–Kier alpha value is -2.38. The number of hydrogen-bond acceptors (Lipinski definition) is 3. The normalized spacial score (nSPS) is 9.68. The minimum absolute atomic E-state index is 0.207. The molecule has 0 radical (unpaired) electrons. The summed E-state index contributed by atoms with van der Waals surface area (Å²) in [4.78, 5) is 15.8. The van der Waals surface area contributed by atoms with Gasteiger partial charge >= 0.3 is 0 Å². The van der Waals surface area contributed by atoms with Gasteiger partial charge in [0.1, 0.15) is 11.9 Å². The summed E-state index contributed by atoms with van der Waals surface area (Å²) >= 11 is 5.77. The van der Waals surface area contributed by atoms with Gasteiger partial charge in [0.05, 0.1) is 12.0 Å². The smallest absolute Gasteiger partial charge is 0.229 e. The lowest BCUT2D eigenvalue weighted by Crippen LogP contribution is -2.16. The number of anilines is 1. The Morgan fingerprint density at radius 3 is 2.74 bits per heavy atom. The standard InChI is InChI=1S/C14H10ClN3O/c15-12-5-3-10(4-6-12)8-13(19)18-14-11(9-16)2-1-7-17-14/h1-7H,8H2,(H,17,18,19). The molecule has 0 bridgehead atoms. The molecule has 0 aliphatic heterocycles. The van der Waals surface area contributed by atoms with Gasteiger partial charge in [-0.15, -0.1) is 0 Å². The van der Waals surface area contributed by atoms with Crippen LogP contribution in [0.5, 0.6) is 0 Å². The lowest BCUT2D eigenvalue weighted by atomic mass is 10.1. The maximum absolute atomic E-state index is 11.8. The van der Waals surface area contributed by atoms with E-state index in [2.05, 4.69) is 10.3 Å². The first-order valence-corrected chi connectivity index (χ1v) is 5.96. The maximum atomic E-state index is 11.8. The minimum Gasteiger partial charge on any atom is -0.309 e. The average molecular weight is 272 g/mol. The highest BCUT2D eigenvalue weighted by Crippen LogP contribution is 2.12. The third-order valence-electron chi connectivity index (χ3n) is 2.46. The van der Waals surface area contributed by atoms with E-state index >= 15 is 0 Å². The predicted molar refractivity (Wildman–Crippen MR) is 72.7 cm³/mol. The summed E-state index contributed by atoms with van der Waals surface area (Å²) in [5.74, 6) is 0.0569. The molecule has 19 heavy (non-hydrogen) atoms. The van der Waals surface area contributed by atoms with E-state index in [9.17, 15) is 4.79 Å². The van der Waals surface area contributed by atoms with Crippen LogP contribution in [-0.2, 0) is 11.2 Å². The fourth-order valence-electron chi connectivity index (χ4n) is 1.56. The highest BCUT2D eigenvalue weighted by atomic mass is 35.5. The number of nitrogens with one attached hydrogen (secondary N) is 1. The van der Waals surface area contributed by atoms with Crippen LogP contribution in [0, 0.1) is 11.3 Å². The van der Waals surface area contributed by atoms with Gasteiger partial charge in [0.15, 0.2) is 0 Å². The average Bonchev–Trinajstić information content (AvgIpc) is 2.42. The van der Waals surface area contributed by atoms with Crippen LogP contribution in [0.4, 0.5) is 5.82 Å². The predicted octanol–water partition coefficient (Wildman–Crippen LogP) is 2.79. The molecule has 1 amide bonds. The molecule has 0 aliphatic rings. The van der Waals surface area contributed by atoms with E-state index in [-0.39, 0.29) is 18.1 Å². The quantitative estimate of drug-likeness (QED) is 0.933. The lowest BCUT2D eigenvalue weighted by molar-refractivity contribution is -0.115. The molecule has 1 heterocycles. The van der Waals surface area contributed by atoms with Gasteiger partial charge in [-0.05, 0) is 29.8 Å². The van der Waals surface area contributed by atoms with Crippen molar-refractivity contribution < 1.29 is 4.79 Å². The van der Waals surface area contributed by atoms with Crippen LogP contribution in [0.25, 0.3) is 0 Å². The van der Waals surface area contributed by atoms with Gasteiger partial charge in [-0.2, -0.15) is 5.26 Å². The van der Waals surface area contributed by atoms with Crippen molar-refractivity contribution in [3.05, 3.63) is 58.7 Å². The molecule has 1 aromatic heterocycles. The summed E-state index contributed by atoms with van der Waals surface area (Å²) in [6.07, 6.45) is 1.73. The lowest BCUT2D eigenvalue weighted by Gasteiger charge is -2.05. The Bertz CT molecular complexity index is 632. The number of rotatable bonds is 3. The van der Waals surface area contributed by atoms with Gasteiger partial charge in [-0.1, -0.05) is 23.7 Å². The Labute approximate surface area is 115 Å². The maximum Gasteiger partial charge on any atom is 0.229 e. The number of carbonyl (C=O) groups is 1. The van der Waals surface area contributed by atoms with Crippen LogP contribution >= 0.6 is 11.6 Å². The molecule has 0 atom stereocenters. The molecule has 0 saturated heterocycles. The Morgan fingerprint density at radius 1 is 1.32 bits per heavy atom. The van der Waals surface area contributed by atoms with Crippen molar-refractivity contribution in [2.75, 3.05) is 5.32 Å². The summed E-state index contributed by atoms with van der Waals surface area (Å²) in [5.41, 5.74) is 1.18. The Kier molecular flexibility index (Phi) is 4.11. The molecule has 0 saturated carbocycles. The molecule has 1 aromatic carbocycles. The number of halogens is 1. The molecule has 4 nitrogen and oxygen atoms in total. The van der Waals surface area contributed by atoms with Crippen LogP contribution in [0.15, 0.2) is 42.6 Å². The van der Waals surface area contributed by atoms with Gasteiger partial charge in [-0.25, -0.2) is 4.98 Å². The fraction of sp³-hybridized carbons (Fsp3) is 0.0714.